The monoisotopic (exact) mass is 349 g/mol. The molecule has 0 saturated heterocycles. The summed E-state index contributed by atoms with van der Waals surface area (Å²) in [5.74, 6) is 0. The molecule has 0 saturated carbocycles. The quantitative estimate of drug-likeness (QED) is 0.431. The minimum Gasteiger partial charge on any atom is -0.311 e. The molecule has 0 aliphatic heterocycles. The van der Waals surface area contributed by atoms with E-state index >= 15 is 0 Å². The number of hydrogen-bond acceptors (Lipinski definition) is 5. The van der Waals surface area contributed by atoms with Gasteiger partial charge in [-0.05, 0) is 24.6 Å². The third-order valence-corrected chi connectivity index (χ3v) is 4.88. The van der Waals surface area contributed by atoms with Crippen molar-refractivity contribution in [2.45, 2.75) is 18.4 Å². The molecule has 0 heterocycles. The predicted octanol–water partition coefficient (Wildman–Crippen LogP) is 1.97. The Kier molecular flexibility index (Phi) is 6.02. The number of nitro groups is 1. The Labute approximate surface area is 140 Å². The third-order valence-electron chi connectivity index (χ3n) is 3.40. The molecule has 2 aromatic rings. The van der Waals surface area contributed by atoms with Crippen molar-refractivity contribution in [2.75, 3.05) is 13.1 Å². The Hall–Kier alpha value is -2.29. The molecule has 2 N–H and O–H groups in total. The van der Waals surface area contributed by atoms with Gasteiger partial charge < -0.3 is 5.32 Å². The van der Waals surface area contributed by atoms with Crippen LogP contribution < -0.4 is 10.0 Å². The van der Waals surface area contributed by atoms with Gasteiger partial charge in [-0.25, -0.2) is 13.1 Å². The number of hydrogen-bond donors (Lipinski definition) is 2. The van der Waals surface area contributed by atoms with Crippen molar-refractivity contribution in [2.24, 2.45) is 0 Å². The lowest BCUT2D eigenvalue weighted by atomic mass is 10.1. The summed E-state index contributed by atoms with van der Waals surface area (Å²) in [5, 5.41) is 13.7. The van der Waals surface area contributed by atoms with Crippen molar-refractivity contribution in [3.8, 4) is 0 Å². The van der Waals surface area contributed by atoms with E-state index in [1.54, 1.807) is 0 Å². The molecule has 0 bridgehead atoms. The first-order valence-electron chi connectivity index (χ1n) is 7.39. The van der Waals surface area contributed by atoms with E-state index in [2.05, 4.69) is 10.0 Å². The maximum atomic E-state index is 12.1. The topological polar surface area (TPSA) is 101 Å². The molecule has 0 radical (unpaired) electrons. The first-order valence-corrected chi connectivity index (χ1v) is 8.87. The first kappa shape index (κ1) is 18.1. The highest BCUT2D eigenvalue weighted by Gasteiger charge is 2.14. The van der Waals surface area contributed by atoms with Crippen LogP contribution in [0.15, 0.2) is 53.4 Å². The molecule has 0 fully saturated rings. The zero-order valence-electron chi connectivity index (χ0n) is 13.2. The Balaban J connectivity index is 1.80. The summed E-state index contributed by atoms with van der Waals surface area (Å²) in [7, 11) is -3.67. The Morgan fingerprint density at radius 3 is 2.21 bits per heavy atom. The van der Waals surface area contributed by atoms with Gasteiger partial charge in [0.2, 0.25) is 10.0 Å². The van der Waals surface area contributed by atoms with Crippen LogP contribution in [0.5, 0.6) is 0 Å². The van der Waals surface area contributed by atoms with Crippen LogP contribution in [0, 0.1) is 17.0 Å². The molecule has 0 aliphatic carbocycles. The maximum absolute atomic E-state index is 12.1. The molecule has 0 aromatic heterocycles. The second-order valence-electron chi connectivity index (χ2n) is 5.31. The van der Waals surface area contributed by atoms with Crippen molar-refractivity contribution < 1.29 is 13.3 Å². The van der Waals surface area contributed by atoms with Crippen LogP contribution in [0.1, 0.15) is 11.1 Å². The molecule has 0 aliphatic rings. The lowest BCUT2D eigenvalue weighted by Crippen LogP contribution is -2.31. The molecular weight excluding hydrogens is 330 g/mol. The van der Waals surface area contributed by atoms with Crippen molar-refractivity contribution in [3.05, 3.63) is 69.8 Å². The smallest absolute Gasteiger partial charge is 0.269 e. The highest BCUT2D eigenvalue weighted by molar-refractivity contribution is 7.89. The van der Waals surface area contributed by atoms with Gasteiger partial charge in [0.15, 0.2) is 0 Å². The fraction of sp³-hybridized carbons (Fsp3) is 0.250. The molecule has 7 nitrogen and oxygen atoms in total. The van der Waals surface area contributed by atoms with Crippen LogP contribution in [-0.2, 0) is 16.6 Å². The lowest BCUT2D eigenvalue weighted by Gasteiger charge is -2.08. The van der Waals surface area contributed by atoms with Crippen molar-refractivity contribution >= 4 is 15.7 Å². The average Bonchev–Trinajstić information content (AvgIpc) is 2.56. The van der Waals surface area contributed by atoms with Crippen LogP contribution >= 0.6 is 0 Å². The predicted molar refractivity (Wildman–Crippen MR) is 91.2 cm³/mol. The number of rotatable bonds is 8. The van der Waals surface area contributed by atoms with E-state index in [-0.39, 0.29) is 17.1 Å². The zero-order chi connectivity index (χ0) is 17.6. The van der Waals surface area contributed by atoms with E-state index in [4.69, 9.17) is 0 Å². The van der Waals surface area contributed by atoms with Gasteiger partial charge in [0.05, 0.1) is 9.82 Å². The Bertz CT molecular complexity index is 787. The summed E-state index contributed by atoms with van der Waals surface area (Å²) in [5.41, 5.74) is 2.17. The minimum absolute atomic E-state index is 0.00614. The van der Waals surface area contributed by atoms with Gasteiger partial charge in [0.25, 0.3) is 5.69 Å². The minimum atomic E-state index is -3.67. The third kappa shape index (κ3) is 5.12. The van der Waals surface area contributed by atoms with Crippen LogP contribution in [-0.4, -0.2) is 26.4 Å². The number of nitrogens with one attached hydrogen (secondary N) is 2. The number of non-ortho nitro benzene ring substituents is 1. The average molecular weight is 349 g/mol. The number of benzene rings is 2. The molecule has 2 rings (SSSR count). The highest BCUT2D eigenvalue weighted by Crippen LogP contribution is 2.15. The van der Waals surface area contributed by atoms with Crippen molar-refractivity contribution in [1.82, 2.24) is 10.0 Å². The van der Waals surface area contributed by atoms with Crippen molar-refractivity contribution in [1.29, 1.82) is 0 Å². The van der Waals surface area contributed by atoms with Crippen LogP contribution in [0.4, 0.5) is 5.69 Å². The van der Waals surface area contributed by atoms with Crippen molar-refractivity contribution in [3.63, 3.8) is 0 Å². The van der Waals surface area contributed by atoms with Crippen LogP contribution in [0.3, 0.4) is 0 Å². The van der Waals surface area contributed by atoms with Gasteiger partial charge in [-0.15, -0.1) is 0 Å². The lowest BCUT2D eigenvalue weighted by molar-refractivity contribution is -0.384. The summed E-state index contributed by atoms with van der Waals surface area (Å²) in [6.07, 6.45) is 0. The zero-order valence-corrected chi connectivity index (χ0v) is 14.0. The molecule has 8 heteroatoms. The van der Waals surface area contributed by atoms with E-state index in [9.17, 15) is 18.5 Å². The van der Waals surface area contributed by atoms with Crippen LogP contribution in [0.25, 0.3) is 0 Å². The number of sulfonamides is 1. The second kappa shape index (κ2) is 8.00. The van der Waals surface area contributed by atoms with Crippen LogP contribution in [0.2, 0.25) is 0 Å². The highest BCUT2D eigenvalue weighted by atomic mass is 32.2. The fourth-order valence-corrected chi connectivity index (χ4v) is 3.07. The van der Waals surface area contributed by atoms with Gasteiger partial charge in [-0.2, -0.15) is 0 Å². The molecular formula is C16H19N3O4S. The largest absolute Gasteiger partial charge is 0.311 e. The van der Waals surface area contributed by atoms with Gasteiger partial charge in [-0.1, -0.05) is 29.8 Å². The molecule has 2 aromatic carbocycles. The van der Waals surface area contributed by atoms with E-state index in [1.807, 2.05) is 31.2 Å². The van der Waals surface area contributed by atoms with Gasteiger partial charge in [-0.3, -0.25) is 10.1 Å². The van der Waals surface area contributed by atoms with Gasteiger partial charge >= 0.3 is 0 Å². The number of nitro benzene ring substituents is 1. The van der Waals surface area contributed by atoms with E-state index in [1.165, 1.54) is 29.8 Å². The SMILES string of the molecule is Cc1ccc(CNCCNS(=O)(=O)c2ccc([N+](=O)[O-])cc2)cc1. The molecule has 128 valence electrons. The number of aryl methyl sites for hydroxylation is 1. The molecule has 0 spiro atoms. The molecule has 0 unspecified atom stereocenters. The Morgan fingerprint density at radius 1 is 1.00 bits per heavy atom. The fourth-order valence-electron chi connectivity index (χ4n) is 2.04. The van der Waals surface area contributed by atoms with E-state index < -0.39 is 14.9 Å². The summed E-state index contributed by atoms with van der Waals surface area (Å²) >= 11 is 0. The molecule has 0 atom stereocenters. The normalized spacial score (nSPS) is 11.4. The second-order valence-corrected chi connectivity index (χ2v) is 7.08. The van der Waals surface area contributed by atoms with E-state index in [0.29, 0.717) is 13.1 Å². The summed E-state index contributed by atoms with van der Waals surface area (Å²) in [6, 6.07) is 12.9. The standard InChI is InChI=1S/C16H19N3O4S/c1-13-2-4-14(5-3-13)12-17-10-11-18-24(22,23)16-8-6-15(7-9-16)19(20)21/h2-9,17-18H,10-12H2,1H3. The number of nitrogens with zero attached hydrogens (tertiary/aromatic N) is 1. The molecule has 0 amide bonds. The summed E-state index contributed by atoms with van der Waals surface area (Å²) < 4.78 is 26.6. The first-order chi connectivity index (χ1) is 11.4. The van der Waals surface area contributed by atoms with Gasteiger partial charge in [0.1, 0.15) is 0 Å². The summed E-state index contributed by atoms with van der Waals surface area (Å²) in [4.78, 5) is 10.0. The van der Waals surface area contributed by atoms with Gasteiger partial charge in [0, 0.05) is 31.8 Å². The Morgan fingerprint density at radius 2 is 1.62 bits per heavy atom. The summed E-state index contributed by atoms with van der Waals surface area (Å²) in [6.45, 7) is 3.37. The van der Waals surface area contributed by atoms with E-state index in [0.717, 1.165) is 5.56 Å². The maximum Gasteiger partial charge on any atom is 0.269 e. The molecule has 24 heavy (non-hydrogen) atoms.